The first-order valence-corrected chi connectivity index (χ1v) is 19.0. The Hall–Kier alpha value is -4.62. The van der Waals surface area contributed by atoms with E-state index in [1.54, 1.807) is 0 Å². The first-order valence-electron chi connectivity index (χ1n) is 19.0. The SMILES string of the molecule is Cc1cc2c3c(c1)N(c1ccc(C(C)(C)C)cc1)c1cc4c(cc1B3C1=C(CC3OCCCOC3=C1)N2c1ccc(C(C)(C)C)cc1)OCCCO4. The van der Waals surface area contributed by atoms with E-state index in [1.807, 2.05) is 0 Å². The third kappa shape index (κ3) is 5.51. The number of anilines is 5. The second kappa shape index (κ2) is 12.2. The molecule has 4 aromatic carbocycles. The van der Waals surface area contributed by atoms with Crippen molar-refractivity contribution >= 4 is 46.1 Å². The van der Waals surface area contributed by atoms with E-state index in [9.17, 15) is 0 Å². The molecule has 0 amide bonds. The monoisotopic (exact) mass is 692 g/mol. The van der Waals surface area contributed by atoms with Crippen LogP contribution >= 0.6 is 0 Å². The van der Waals surface area contributed by atoms with Gasteiger partial charge in [0, 0.05) is 59.5 Å². The molecule has 1 atom stereocenters. The van der Waals surface area contributed by atoms with Gasteiger partial charge in [-0.3, -0.25) is 0 Å². The fourth-order valence-electron chi connectivity index (χ4n) is 8.56. The molecular formula is C45H49BN2O4. The number of fused-ring (bicyclic) bond motifs is 5. The van der Waals surface area contributed by atoms with Crippen LogP contribution in [-0.4, -0.2) is 39.2 Å². The minimum atomic E-state index is -0.118. The van der Waals surface area contributed by atoms with Gasteiger partial charge in [0.05, 0.1) is 26.4 Å². The smallest absolute Gasteiger partial charge is 0.252 e. The second-order valence-corrected chi connectivity index (χ2v) is 17.0. The molecule has 266 valence electrons. The summed E-state index contributed by atoms with van der Waals surface area (Å²) in [4.78, 5) is 4.97. The van der Waals surface area contributed by atoms with Gasteiger partial charge < -0.3 is 28.7 Å². The predicted molar refractivity (Wildman–Crippen MR) is 213 cm³/mol. The summed E-state index contributed by atoms with van der Waals surface area (Å²) in [5.74, 6) is 2.55. The van der Waals surface area contributed by atoms with E-state index in [0.717, 1.165) is 53.6 Å². The summed E-state index contributed by atoms with van der Waals surface area (Å²) in [5, 5.41) is 0. The fourth-order valence-corrected chi connectivity index (χ4v) is 8.56. The molecule has 0 N–H and O–H groups in total. The number of allylic oxidation sites excluding steroid dienone is 2. The molecule has 1 aliphatic carbocycles. The van der Waals surface area contributed by atoms with Crippen molar-refractivity contribution in [1.82, 2.24) is 0 Å². The summed E-state index contributed by atoms with van der Waals surface area (Å²) >= 11 is 0. The Bertz CT molecular complexity index is 2120. The first kappa shape index (κ1) is 33.2. The summed E-state index contributed by atoms with van der Waals surface area (Å²) in [7, 11) is 0. The van der Waals surface area contributed by atoms with E-state index < -0.39 is 0 Å². The van der Waals surface area contributed by atoms with E-state index in [-0.39, 0.29) is 23.6 Å². The van der Waals surface area contributed by atoms with Crippen LogP contribution in [0.5, 0.6) is 11.5 Å². The van der Waals surface area contributed by atoms with Gasteiger partial charge in [0.2, 0.25) is 0 Å². The molecule has 4 aromatic rings. The highest BCUT2D eigenvalue weighted by atomic mass is 16.5. The number of benzene rings is 4. The van der Waals surface area contributed by atoms with E-state index in [1.165, 1.54) is 50.2 Å². The van der Waals surface area contributed by atoms with Crippen LogP contribution in [0.15, 0.2) is 95.8 Å². The Balaban J connectivity index is 1.33. The molecule has 5 aliphatic rings. The summed E-state index contributed by atoms with van der Waals surface area (Å²) < 4.78 is 25.7. The molecule has 0 spiro atoms. The van der Waals surface area contributed by atoms with Crippen molar-refractivity contribution < 1.29 is 18.9 Å². The summed E-state index contributed by atoms with van der Waals surface area (Å²) in [6, 6.07) is 27.6. The average molecular weight is 693 g/mol. The molecule has 7 heteroatoms. The van der Waals surface area contributed by atoms with Crippen LogP contribution in [0.2, 0.25) is 0 Å². The molecule has 4 heterocycles. The van der Waals surface area contributed by atoms with Crippen LogP contribution in [0.25, 0.3) is 0 Å². The quantitative estimate of drug-likeness (QED) is 0.195. The highest BCUT2D eigenvalue weighted by Crippen LogP contribution is 2.49. The van der Waals surface area contributed by atoms with Crippen LogP contribution < -0.4 is 30.2 Å². The summed E-state index contributed by atoms with van der Waals surface area (Å²) in [5.41, 5.74) is 14.8. The molecule has 1 fully saturated rings. The number of ether oxygens (including phenoxy) is 4. The van der Waals surface area contributed by atoms with Gasteiger partial charge in [0.15, 0.2) is 11.5 Å². The van der Waals surface area contributed by atoms with E-state index in [4.69, 9.17) is 18.9 Å². The Kier molecular flexibility index (Phi) is 7.82. The van der Waals surface area contributed by atoms with Crippen LogP contribution in [-0.2, 0) is 20.3 Å². The van der Waals surface area contributed by atoms with E-state index in [0.29, 0.717) is 26.4 Å². The molecule has 0 saturated carbocycles. The Morgan fingerprint density at radius 2 is 1.19 bits per heavy atom. The minimum Gasteiger partial charge on any atom is -0.495 e. The molecule has 0 bridgehead atoms. The van der Waals surface area contributed by atoms with E-state index >= 15 is 0 Å². The standard InChI is InChI=1S/C45H49BN2O4/c1-28-22-37-43-38(23-28)48(32-16-12-30(13-17-32)45(5,6)7)36-27-42-40(50-19-9-21-52-42)25-34(36)46(43)33-24-39-41(51-20-8-18-49-39)26-35(33)47(37)31-14-10-29(11-15-31)44(2,3)4/h10-17,22-26,42H,8-9,18-21,27H2,1-7H3. The maximum Gasteiger partial charge on any atom is 0.252 e. The predicted octanol–water partition coefficient (Wildman–Crippen LogP) is 9.18. The molecule has 1 unspecified atom stereocenters. The second-order valence-electron chi connectivity index (χ2n) is 17.0. The molecular weight excluding hydrogens is 643 g/mol. The van der Waals surface area contributed by atoms with Gasteiger partial charge in [0.1, 0.15) is 11.9 Å². The zero-order chi connectivity index (χ0) is 35.9. The molecule has 4 aliphatic heterocycles. The van der Waals surface area contributed by atoms with Crippen molar-refractivity contribution in [3.05, 3.63) is 112 Å². The summed E-state index contributed by atoms with van der Waals surface area (Å²) in [6.45, 7) is 18.5. The zero-order valence-corrected chi connectivity index (χ0v) is 31.6. The van der Waals surface area contributed by atoms with Crippen molar-refractivity contribution in [2.75, 3.05) is 36.2 Å². The number of hydrogen-bond acceptors (Lipinski definition) is 6. The van der Waals surface area contributed by atoms with E-state index in [2.05, 4.69) is 137 Å². The Morgan fingerprint density at radius 3 is 1.83 bits per heavy atom. The van der Waals surface area contributed by atoms with Crippen LogP contribution in [0, 0.1) is 6.92 Å². The number of nitrogens with zero attached hydrogens (tertiary/aromatic N) is 2. The largest absolute Gasteiger partial charge is 0.495 e. The van der Waals surface area contributed by atoms with Gasteiger partial charge in [-0.15, -0.1) is 0 Å². The Morgan fingerprint density at radius 1 is 0.635 bits per heavy atom. The van der Waals surface area contributed by atoms with Gasteiger partial charge in [0.25, 0.3) is 6.71 Å². The average Bonchev–Trinajstić information content (AvgIpc) is 3.49. The minimum absolute atomic E-state index is 0.0387. The summed E-state index contributed by atoms with van der Waals surface area (Å²) in [6.07, 6.45) is 4.67. The molecule has 0 radical (unpaired) electrons. The van der Waals surface area contributed by atoms with Gasteiger partial charge >= 0.3 is 0 Å². The van der Waals surface area contributed by atoms with Crippen LogP contribution in [0.3, 0.4) is 0 Å². The highest BCUT2D eigenvalue weighted by Gasteiger charge is 2.47. The highest BCUT2D eigenvalue weighted by molar-refractivity contribution is 6.95. The molecule has 52 heavy (non-hydrogen) atoms. The van der Waals surface area contributed by atoms with Crippen molar-refractivity contribution in [2.45, 2.75) is 84.7 Å². The van der Waals surface area contributed by atoms with Crippen molar-refractivity contribution in [1.29, 1.82) is 0 Å². The van der Waals surface area contributed by atoms with Gasteiger partial charge in [-0.05, 0) is 99.4 Å². The number of aryl methyl sites for hydroxylation is 1. The van der Waals surface area contributed by atoms with Crippen LogP contribution in [0.4, 0.5) is 28.4 Å². The molecule has 1 saturated heterocycles. The van der Waals surface area contributed by atoms with Crippen LogP contribution in [0.1, 0.15) is 77.5 Å². The maximum atomic E-state index is 6.49. The molecule has 6 nitrogen and oxygen atoms in total. The lowest BCUT2D eigenvalue weighted by Gasteiger charge is -2.46. The third-order valence-corrected chi connectivity index (χ3v) is 11.3. The lowest BCUT2D eigenvalue weighted by atomic mass is 9.32. The fraction of sp³-hybridized carbons (Fsp3) is 0.378. The molecule has 0 aromatic heterocycles. The van der Waals surface area contributed by atoms with Crippen molar-refractivity contribution in [2.24, 2.45) is 0 Å². The topological polar surface area (TPSA) is 43.4 Å². The zero-order valence-electron chi connectivity index (χ0n) is 31.6. The van der Waals surface area contributed by atoms with Gasteiger partial charge in [-0.2, -0.15) is 0 Å². The third-order valence-electron chi connectivity index (χ3n) is 11.3. The lowest BCUT2D eigenvalue weighted by Crippen LogP contribution is -2.56. The number of hydrogen-bond donors (Lipinski definition) is 0. The van der Waals surface area contributed by atoms with Crippen molar-refractivity contribution in [3.8, 4) is 11.5 Å². The van der Waals surface area contributed by atoms with Gasteiger partial charge in [-0.1, -0.05) is 65.8 Å². The maximum absolute atomic E-state index is 6.49. The Labute approximate surface area is 309 Å². The van der Waals surface area contributed by atoms with Crippen molar-refractivity contribution in [3.63, 3.8) is 0 Å². The lowest BCUT2D eigenvalue weighted by molar-refractivity contribution is 0.0668. The normalized spacial score (nSPS) is 19.4. The van der Waals surface area contributed by atoms with Gasteiger partial charge in [-0.25, -0.2) is 0 Å². The molecule has 9 rings (SSSR count). The number of rotatable bonds is 2. The first-order chi connectivity index (χ1) is 25.0.